The van der Waals surface area contributed by atoms with E-state index in [9.17, 15) is 18.3 Å². The molecule has 1 saturated heterocycles. The van der Waals surface area contributed by atoms with E-state index in [1.54, 1.807) is 43.3 Å². The summed E-state index contributed by atoms with van der Waals surface area (Å²) in [5.74, 6) is -1.16. The number of carboxylic acids is 1. The molecule has 8 heteroatoms. The minimum absolute atomic E-state index is 0.0469. The van der Waals surface area contributed by atoms with Gasteiger partial charge in [-0.2, -0.15) is 0 Å². The van der Waals surface area contributed by atoms with Crippen LogP contribution in [0.3, 0.4) is 0 Å². The standard InChI is InChI=1S/C24H31N3O4S/c1-18-7-5-6-10-23(18)32(30,31)25-22-12-11-20(17-21(22)24(28)29)27-15-13-26(14-16-27)19-8-3-2-4-9-19/h5-7,10-12,17,19,25H,2-4,8-9,13-16H2,1H3,(H,28,29). The third-order valence-corrected chi connectivity index (χ3v) is 8.16. The summed E-state index contributed by atoms with van der Waals surface area (Å²) in [6.45, 7) is 5.32. The van der Waals surface area contributed by atoms with Crippen LogP contribution in [0.1, 0.15) is 48.0 Å². The van der Waals surface area contributed by atoms with Crippen molar-refractivity contribution in [3.63, 3.8) is 0 Å². The number of nitrogens with one attached hydrogen (secondary N) is 1. The number of benzene rings is 2. The fraction of sp³-hybridized carbons (Fsp3) is 0.458. The van der Waals surface area contributed by atoms with E-state index in [0.29, 0.717) is 11.6 Å². The van der Waals surface area contributed by atoms with E-state index in [1.807, 2.05) is 0 Å². The lowest BCUT2D eigenvalue weighted by Gasteiger charge is -2.41. The van der Waals surface area contributed by atoms with Gasteiger partial charge in [0, 0.05) is 37.9 Å². The first-order valence-electron chi connectivity index (χ1n) is 11.3. The Bertz CT molecular complexity index is 1070. The topological polar surface area (TPSA) is 90.0 Å². The average molecular weight is 458 g/mol. The second-order valence-electron chi connectivity index (χ2n) is 8.72. The van der Waals surface area contributed by atoms with E-state index < -0.39 is 16.0 Å². The number of piperazine rings is 1. The molecule has 0 amide bonds. The van der Waals surface area contributed by atoms with Crippen LogP contribution >= 0.6 is 0 Å². The van der Waals surface area contributed by atoms with E-state index in [2.05, 4.69) is 14.5 Å². The molecule has 0 radical (unpaired) electrons. The average Bonchev–Trinajstić information content (AvgIpc) is 2.80. The molecule has 1 aliphatic carbocycles. The van der Waals surface area contributed by atoms with Crippen molar-refractivity contribution in [1.29, 1.82) is 0 Å². The molecule has 2 aromatic carbocycles. The number of aromatic carboxylic acids is 1. The van der Waals surface area contributed by atoms with Crippen molar-refractivity contribution in [2.24, 2.45) is 0 Å². The van der Waals surface area contributed by atoms with Gasteiger partial charge in [-0.3, -0.25) is 9.62 Å². The number of carbonyl (C=O) groups is 1. The number of sulfonamides is 1. The van der Waals surface area contributed by atoms with Gasteiger partial charge < -0.3 is 10.0 Å². The van der Waals surface area contributed by atoms with Gasteiger partial charge in [0.05, 0.1) is 16.1 Å². The zero-order chi connectivity index (χ0) is 22.7. The van der Waals surface area contributed by atoms with Crippen LogP contribution < -0.4 is 9.62 Å². The molecule has 2 fully saturated rings. The lowest BCUT2D eigenvalue weighted by atomic mass is 9.94. The molecule has 2 aromatic rings. The van der Waals surface area contributed by atoms with Gasteiger partial charge in [-0.05, 0) is 49.6 Å². The number of rotatable bonds is 6. The molecule has 2 N–H and O–H groups in total. The summed E-state index contributed by atoms with van der Waals surface area (Å²) in [5, 5.41) is 9.76. The molecule has 0 spiro atoms. The number of aryl methyl sites for hydroxylation is 1. The van der Waals surface area contributed by atoms with Gasteiger partial charge in [0.1, 0.15) is 0 Å². The number of hydrogen-bond donors (Lipinski definition) is 2. The second kappa shape index (κ2) is 9.50. The minimum atomic E-state index is -3.89. The normalized spacial score (nSPS) is 18.5. The van der Waals surface area contributed by atoms with Crippen LogP contribution in [0.25, 0.3) is 0 Å². The summed E-state index contributed by atoms with van der Waals surface area (Å²) in [6.07, 6.45) is 6.52. The summed E-state index contributed by atoms with van der Waals surface area (Å²) in [6, 6.07) is 12.3. The van der Waals surface area contributed by atoms with E-state index in [1.165, 1.54) is 38.2 Å². The van der Waals surface area contributed by atoms with Crippen LogP contribution in [0.5, 0.6) is 0 Å². The minimum Gasteiger partial charge on any atom is -0.478 e. The van der Waals surface area contributed by atoms with Gasteiger partial charge >= 0.3 is 5.97 Å². The highest BCUT2D eigenvalue weighted by atomic mass is 32.2. The Labute approximate surface area is 190 Å². The predicted molar refractivity (Wildman–Crippen MR) is 126 cm³/mol. The smallest absolute Gasteiger partial charge is 0.337 e. The maximum absolute atomic E-state index is 12.9. The molecular weight excluding hydrogens is 426 g/mol. The fourth-order valence-corrected chi connectivity index (χ4v) is 6.17. The molecule has 2 aliphatic rings. The molecule has 0 atom stereocenters. The van der Waals surface area contributed by atoms with Crippen molar-refractivity contribution in [3.8, 4) is 0 Å². The van der Waals surface area contributed by atoms with E-state index in [-0.39, 0.29) is 16.1 Å². The van der Waals surface area contributed by atoms with Crippen molar-refractivity contribution < 1.29 is 18.3 Å². The first kappa shape index (κ1) is 22.6. The number of anilines is 2. The summed E-state index contributed by atoms with van der Waals surface area (Å²) >= 11 is 0. The molecule has 7 nitrogen and oxygen atoms in total. The summed E-state index contributed by atoms with van der Waals surface area (Å²) in [5.41, 5.74) is 1.44. The Morgan fingerprint density at radius 1 is 1.00 bits per heavy atom. The van der Waals surface area contributed by atoms with Crippen LogP contribution in [-0.2, 0) is 10.0 Å². The Balaban J connectivity index is 1.50. The van der Waals surface area contributed by atoms with Crippen molar-refractivity contribution in [2.45, 2.75) is 50.0 Å². The third-order valence-electron chi connectivity index (χ3n) is 6.63. The molecule has 0 bridgehead atoms. The molecular formula is C24H31N3O4S. The Morgan fingerprint density at radius 3 is 2.34 bits per heavy atom. The molecule has 1 heterocycles. The predicted octanol–water partition coefficient (Wildman–Crippen LogP) is 3.95. The third kappa shape index (κ3) is 4.91. The quantitative estimate of drug-likeness (QED) is 0.683. The van der Waals surface area contributed by atoms with Crippen molar-refractivity contribution in [2.75, 3.05) is 35.8 Å². The lowest BCUT2D eigenvalue weighted by molar-refractivity contribution is 0.0698. The lowest BCUT2D eigenvalue weighted by Crippen LogP contribution is -2.50. The zero-order valence-electron chi connectivity index (χ0n) is 18.5. The fourth-order valence-electron chi connectivity index (χ4n) is 4.84. The SMILES string of the molecule is Cc1ccccc1S(=O)(=O)Nc1ccc(N2CCN(C3CCCCC3)CC2)cc1C(=O)O. The van der Waals surface area contributed by atoms with Crippen LogP contribution in [0.15, 0.2) is 47.4 Å². The Kier molecular flexibility index (Phi) is 6.71. The van der Waals surface area contributed by atoms with Gasteiger partial charge in [-0.25, -0.2) is 13.2 Å². The Morgan fingerprint density at radius 2 is 1.69 bits per heavy atom. The van der Waals surface area contributed by atoms with E-state index in [4.69, 9.17) is 0 Å². The van der Waals surface area contributed by atoms with Crippen molar-refractivity contribution in [3.05, 3.63) is 53.6 Å². The monoisotopic (exact) mass is 457 g/mol. The highest BCUT2D eigenvalue weighted by Crippen LogP contribution is 2.29. The molecule has 0 aromatic heterocycles. The number of carboxylic acid groups (broad SMARTS) is 1. The number of hydrogen-bond acceptors (Lipinski definition) is 5. The molecule has 32 heavy (non-hydrogen) atoms. The zero-order valence-corrected chi connectivity index (χ0v) is 19.3. The van der Waals surface area contributed by atoms with Crippen molar-refractivity contribution in [1.82, 2.24) is 4.90 Å². The molecule has 0 unspecified atom stereocenters. The van der Waals surface area contributed by atoms with Crippen LogP contribution in [0.2, 0.25) is 0 Å². The van der Waals surface area contributed by atoms with E-state index in [0.717, 1.165) is 31.9 Å². The maximum Gasteiger partial charge on any atom is 0.337 e. The second-order valence-corrected chi connectivity index (χ2v) is 10.4. The molecule has 4 rings (SSSR count). The summed E-state index contributed by atoms with van der Waals surface area (Å²) in [4.78, 5) is 16.8. The Hall–Kier alpha value is -2.58. The molecule has 1 saturated carbocycles. The maximum atomic E-state index is 12.9. The van der Waals surface area contributed by atoms with Crippen LogP contribution in [0.4, 0.5) is 11.4 Å². The molecule has 172 valence electrons. The first-order chi connectivity index (χ1) is 15.3. The van der Waals surface area contributed by atoms with Crippen LogP contribution in [0, 0.1) is 6.92 Å². The summed E-state index contributed by atoms with van der Waals surface area (Å²) in [7, 11) is -3.89. The largest absolute Gasteiger partial charge is 0.478 e. The van der Waals surface area contributed by atoms with Gasteiger partial charge in [0.25, 0.3) is 10.0 Å². The molecule has 1 aliphatic heterocycles. The van der Waals surface area contributed by atoms with Gasteiger partial charge in [0.15, 0.2) is 0 Å². The van der Waals surface area contributed by atoms with Gasteiger partial charge in [-0.15, -0.1) is 0 Å². The van der Waals surface area contributed by atoms with Crippen LogP contribution in [-0.4, -0.2) is 56.6 Å². The highest BCUT2D eigenvalue weighted by Gasteiger charge is 2.26. The van der Waals surface area contributed by atoms with Gasteiger partial charge in [-0.1, -0.05) is 37.5 Å². The number of nitrogens with zero attached hydrogens (tertiary/aromatic N) is 2. The van der Waals surface area contributed by atoms with Gasteiger partial charge in [0.2, 0.25) is 0 Å². The van der Waals surface area contributed by atoms with Crippen molar-refractivity contribution >= 4 is 27.4 Å². The first-order valence-corrected chi connectivity index (χ1v) is 12.8. The summed E-state index contributed by atoms with van der Waals surface area (Å²) < 4.78 is 28.2. The van der Waals surface area contributed by atoms with E-state index >= 15 is 0 Å². The highest BCUT2D eigenvalue weighted by molar-refractivity contribution is 7.92.